The lowest BCUT2D eigenvalue weighted by atomic mass is 9.85. The van der Waals surface area contributed by atoms with Crippen LogP contribution in [0.15, 0.2) is 0 Å². The molecule has 0 radical (unpaired) electrons. The zero-order valence-electron chi connectivity index (χ0n) is 15.1. The van der Waals surface area contributed by atoms with Crippen molar-refractivity contribution in [3.63, 3.8) is 0 Å². The monoisotopic (exact) mass is 296 g/mol. The second kappa shape index (κ2) is 8.17. The zero-order chi connectivity index (χ0) is 16.2. The summed E-state index contributed by atoms with van der Waals surface area (Å²) in [7, 11) is 0. The summed E-state index contributed by atoms with van der Waals surface area (Å²) in [5.41, 5.74) is 0. The molecule has 1 N–H and O–H groups in total. The van der Waals surface area contributed by atoms with Gasteiger partial charge in [0.05, 0.1) is 12.2 Å². The maximum Gasteiger partial charge on any atom is 0.241 e. The molecule has 1 rings (SSSR count). The number of hydrogen-bond donors (Lipinski definition) is 1. The van der Waals surface area contributed by atoms with E-state index in [2.05, 4.69) is 58.7 Å². The summed E-state index contributed by atoms with van der Waals surface area (Å²) < 4.78 is 0. The highest BCUT2D eigenvalue weighted by Crippen LogP contribution is 2.27. The van der Waals surface area contributed by atoms with E-state index < -0.39 is 0 Å². The topological polar surface area (TPSA) is 32.3 Å². The first kappa shape index (κ1) is 18.5. The highest BCUT2D eigenvalue weighted by Gasteiger charge is 2.41. The van der Waals surface area contributed by atoms with Gasteiger partial charge >= 0.3 is 0 Å². The Morgan fingerprint density at radius 2 is 1.67 bits per heavy atom. The third kappa shape index (κ3) is 4.45. The van der Waals surface area contributed by atoms with Crippen LogP contribution >= 0.6 is 0 Å². The predicted molar refractivity (Wildman–Crippen MR) is 90.0 cm³/mol. The molecule has 1 amide bonds. The molecule has 1 aliphatic heterocycles. The molecule has 0 aromatic carbocycles. The number of carbonyl (C=O) groups is 1. The van der Waals surface area contributed by atoms with E-state index >= 15 is 0 Å². The average molecular weight is 296 g/mol. The van der Waals surface area contributed by atoms with Gasteiger partial charge < -0.3 is 4.90 Å². The van der Waals surface area contributed by atoms with Crippen molar-refractivity contribution in [2.45, 2.75) is 79.9 Å². The van der Waals surface area contributed by atoms with Crippen LogP contribution in [-0.4, -0.2) is 29.6 Å². The van der Waals surface area contributed by atoms with Crippen molar-refractivity contribution in [2.24, 2.45) is 23.7 Å². The fourth-order valence-corrected chi connectivity index (χ4v) is 3.49. The van der Waals surface area contributed by atoms with E-state index in [1.807, 2.05) is 0 Å². The van der Waals surface area contributed by atoms with Gasteiger partial charge in [-0.15, -0.1) is 0 Å². The van der Waals surface area contributed by atoms with Crippen molar-refractivity contribution in [3.8, 4) is 0 Å². The van der Waals surface area contributed by atoms with Crippen molar-refractivity contribution >= 4 is 5.91 Å². The number of nitrogens with zero attached hydrogens (tertiary/aromatic N) is 1. The Kier molecular flexibility index (Phi) is 7.19. The number of carbonyl (C=O) groups excluding carboxylic acids is 1. The van der Waals surface area contributed by atoms with Gasteiger partial charge in [0.2, 0.25) is 5.91 Å². The van der Waals surface area contributed by atoms with Gasteiger partial charge in [0.1, 0.15) is 0 Å². The second-order valence-corrected chi connectivity index (χ2v) is 7.48. The van der Waals surface area contributed by atoms with Gasteiger partial charge in [0.25, 0.3) is 0 Å². The van der Waals surface area contributed by atoms with Crippen LogP contribution in [0.2, 0.25) is 0 Å². The summed E-state index contributed by atoms with van der Waals surface area (Å²) in [6, 6.07) is 0.0199. The molecule has 3 heteroatoms. The summed E-state index contributed by atoms with van der Waals surface area (Å²) in [6.45, 7) is 16.6. The van der Waals surface area contributed by atoms with Crippen molar-refractivity contribution in [3.05, 3.63) is 0 Å². The Labute approximate surface area is 131 Å². The predicted octanol–water partition coefficient (Wildman–Crippen LogP) is 3.89. The molecular formula is C18H36N2O. The first-order valence-corrected chi connectivity index (χ1v) is 8.89. The first-order valence-electron chi connectivity index (χ1n) is 8.89. The molecule has 1 heterocycles. The lowest BCUT2D eigenvalue weighted by Gasteiger charge is -2.33. The van der Waals surface area contributed by atoms with Crippen molar-refractivity contribution in [1.82, 2.24) is 10.2 Å². The van der Waals surface area contributed by atoms with Crippen molar-refractivity contribution in [2.75, 3.05) is 6.54 Å². The third-order valence-electron chi connectivity index (χ3n) is 5.19. The maximum absolute atomic E-state index is 12.8. The Balaban J connectivity index is 2.87. The van der Waals surface area contributed by atoms with Crippen LogP contribution in [0.3, 0.4) is 0 Å². The van der Waals surface area contributed by atoms with Crippen LogP contribution in [0, 0.1) is 23.7 Å². The van der Waals surface area contributed by atoms with E-state index in [9.17, 15) is 4.79 Å². The van der Waals surface area contributed by atoms with Crippen LogP contribution in [0.5, 0.6) is 0 Å². The highest BCUT2D eigenvalue weighted by atomic mass is 16.2. The number of hydrogen-bond acceptors (Lipinski definition) is 2. The Bertz CT molecular complexity index is 319. The van der Waals surface area contributed by atoms with E-state index in [0.717, 1.165) is 25.8 Å². The van der Waals surface area contributed by atoms with Crippen LogP contribution < -0.4 is 5.32 Å². The van der Waals surface area contributed by atoms with E-state index in [1.165, 1.54) is 0 Å². The molecule has 3 unspecified atom stereocenters. The Morgan fingerprint density at radius 3 is 2.10 bits per heavy atom. The van der Waals surface area contributed by atoms with Crippen molar-refractivity contribution < 1.29 is 4.79 Å². The highest BCUT2D eigenvalue weighted by molar-refractivity contribution is 5.84. The lowest BCUT2D eigenvalue weighted by molar-refractivity contribution is -0.132. The van der Waals surface area contributed by atoms with E-state index in [0.29, 0.717) is 29.6 Å². The molecule has 0 saturated carbocycles. The molecule has 0 spiro atoms. The summed E-state index contributed by atoms with van der Waals surface area (Å²) in [5, 5.41) is 3.60. The van der Waals surface area contributed by atoms with Gasteiger partial charge in [-0.2, -0.15) is 0 Å². The third-order valence-corrected chi connectivity index (χ3v) is 5.19. The molecule has 21 heavy (non-hydrogen) atoms. The maximum atomic E-state index is 12.8. The lowest BCUT2D eigenvalue weighted by Crippen LogP contribution is -2.42. The smallest absolute Gasteiger partial charge is 0.241 e. The van der Waals surface area contributed by atoms with E-state index in [-0.39, 0.29) is 12.2 Å². The van der Waals surface area contributed by atoms with Gasteiger partial charge in [-0.1, -0.05) is 61.3 Å². The minimum absolute atomic E-state index is 0.0199. The second-order valence-electron chi connectivity index (χ2n) is 7.48. The molecule has 0 aromatic rings. The first-order chi connectivity index (χ1) is 9.83. The van der Waals surface area contributed by atoms with Gasteiger partial charge in [-0.25, -0.2) is 0 Å². The fourth-order valence-electron chi connectivity index (χ4n) is 3.49. The quantitative estimate of drug-likeness (QED) is 0.737. The average Bonchev–Trinajstić information content (AvgIpc) is 2.71. The summed E-state index contributed by atoms with van der Waals surface area (Å²) in [4.78, 5) is 15.0. The molecule has 0 aliphatic carbocycles. The molecule has 1 saturated heterocycles. The number of rotatable bonds is 8. The molecule has 0 bridgehead atoms. The number of amides is 1. The molecule has 1 fully saturated rings. The van der Waals surface area contributed by atoms with Crippen LogP contribution in [0.4, 0.5) is 0 Å². The minimum Gasteiger partial charge on any atom is -0.325 e. The van der Waals surface area contributed by atoms with Gasteiger partial charge in [0.15, 0.2) is 0 Å². The van der Waals surface area contributed by atoms with Crippen LogP contribution in [0.25, 0.3) is 0 Å². The van der Waals surface area contributed by atoms with Gasteiger partial charge in [-0.3, -0.25) is 10.1 Å². The molecule has 124 valence electrons. The van der Waals surface area contributed by atoms with Gasteiger partial charge in [-0.05, 0) is 30.1 Å². The van der Waals surface area contributed by atoms with Crippen molar-refractivity contribution in [1.29, 1.82) is 0 Å². The Hall–Kier alpha value is -0.570. The summed E-state index contributed by atoms with van der Waals surface area (Å²) in [6.07, 6.45) is 3.46. The summed E-state index contributed by atoms with van der Waals surface area (Å²) in [5.74, 6) is 2.55. The molecule has 0 aromatic heterocycles. The minimum atomic E-state index is 0.0199. The fraction of sp³-hybridized carbons (Fsp3) is 0.944. The van der Waals surface area contributed by atoms with Crippen LogP contribution in [0.1, 0.15) is 67.7 Å². The molecule has 1 aliphatic rings. The zero-order valence-corrected chi connectivity index (χ0v) is 15.1. The number of nitrogens with one attached hydrogen (secondary N) is 1. The van der Waals surface area contributed by atoms with Gasteiger partial charge in [0, 0.05) is 6.54 Å². The van der Waals surface area contributed by atoms with E-state index in [1.54, 1.807) is 0 Å². The Morgan fingerprint density at radius 1 is 1.10 bits per heavy atom. The standard InChI is InChI=1S/C18H36N2O/c1-8-10-16-19-17(14(7)9-2)18(21)20(16)11-15(12(3)4)13(5)6/h12-17,19H,8-11H2,1-7H3. The summed E-state index contributed by atoms with van der Waals surface area (Å²) >= 11 is 0. The normalized spacial score (nSPS) is 24.7. The van der Waals surface area contributed by atoms with E-state index in [4.69, 9.17) is 0 Å². The molecular weight excluding hydrogens is 260 g/mol. The molecule has 3 atom stereocenters. The van der Waals surface area contributed by atoms with Crippen LogP contribution in [-0.2, 0) is 4.79 Å². The SMILES string of the molecule is CCCC1NC(C(C)CC)C(=O)N1CC(C(C)C)C(C)C. The molecule has 3 nitrogen and oxygen atoms in total. The largest absolute Gasteiger partial charge is 0.325 e.